The smallest absolute Gasteiger partial charge is 0.409 e. The van der Waals surface area contributed by atoms with Gasteiger partial charge in [-0.3, -0.25) is 19.2 Å². The van der Waals surface area contributed by atoms with Crippen LogP contribution in [-0.4, -0.2) is 124 Å². The lowest BCUT2D eigenvalue weighted by molar-refractivity contribution is -0.155. The van der Waals surface area contributed by atoms with Gasteiger partial charge in [-0.25, -0.2) is 23.1 Å². The quantitative estimate of drug-likeness (QED) is 0.185. The summed E-state index contributed by atoms with van der Waals surface area (Å²) in [7, 11) is 0. The fraction of sp³-hybridized carbons (Fsp3) is 0.475. The van der Waals surface area contributed by atoms with Gasteiger partial charge in [-0.05, 0) is 64.7 Å². The molecule has 3 heterocycles. The second-order valence-corrected chi connectivity index (χ2v) is 14.7. The van der Waals surface area contributed by atoms with Crippen LogP contribution in [0.4, 0.5) is 13.6 Å². The van der Waals surface area contributed by atoms with E-state index in [1.54, 1.807) is 27.7 Å². The van der Waals surface area contributed by atoms with Crippen LogP contribution in [0.1, 0.15) is 69.4 Å². The Morgan fingerprint density at radius 3 is 2.28 bits per heavy atom. The van der Waals surface area contributed by atoms with E-state index < -0.39 is 71.7 Å². The molecule has 3 aromatic rings. The molecule has 312 valence electrons. The van der Waals surface area contributed by atoms with Crippen molar-refractivity contribution in [1.29, 1.82) is 0 Å². The van der Waals surface area contributed by atoms with Crippen molar-refractivity contribution >= 4 is 35.8 Å². The number of likely N-dealkylation sites (tertiary alicyclic amines) is 1. The summed E-state index contributed by atoms with van der Waals surface area (Å²) in [5.74, 6) is -5.71. The summed E-state index contributed by atoms with van der Waals surface area (Å²) in [6.45, 7) is 7.27. The number of hydrogen-bond donors (Lipinski definition) is 1. The molecule has 16 nitrogen and oxygen atoms in total. The van der Waals surface area contributed by atoms with Crippen LogP contribution in [0.15, 0.2) is 54.6 Å². The van der Waals surface area contributed by atoms with E-state index >= 15 is 0 Å². The van der Waals surface area contributed by atoms with Crippen LogP contribution in [0.5, 0.6) is 5.88 Å². The van der Waals surface area contributed by atoms with Crippen LogP contribution < -0.4 is 10.1 Å². The molecule has 2 saturated heterocycles. The third-order valence-electron chi connectivity index (χ3n) is 9.25. The first kappa shape index (κ1) is 43.1. The molecule has 4 amide bonds. The summed E-state index contributed by atoms with van der Waals surface area (Å²) >= 11 is 0. The number of nitrogens with one attached hydrogen (secondary N) is 1. The monoisotopic (exact) mass is 810 g/mol. The molecule has 1 N–H and O–H groups in total. The van der Waals surface area contributed by atoms with Gasteiger partial charge in [0.2, 0.25) is 11.8 Å². The Kier molecular flexibility index (Phi) is 14.4. The number of nitrogens with zero attached hydrogens (tertiary/aromatic N) is 5. The van der Waals surface area contributed by atoms with Crippen LogP contribution in [0.2, 0.25) is 0 Å². The highest BCUT2D eigenvalue weighted by Crippen LogP contribution is 2.24. The van der Waals surface area contributed by atoms with Crippen LogP contribution in [0, 0.1) is 11.6 Å². The largest absolute Gasteiger partial charge is 0.467 e. The highest BCUT2D eigenvalue weighted by Gasteiger charge is 2.36. The second kappa shape index (κ2) is 19.4. The lowest BCUT2D eigenvalue weighted by Crippen LogP contribution is -2.56. The van der Waals surface area contributed by atoms with Crippen LogP contribution in [0.3, 0.4) is 0 Å². The fourth-order valence-electron chi connectivity index (χ4n) is 6.42. The van der Waals surface area contributed by atoms with Gasteiger partial charge < -0.3 is 39.0 Å². The minimum absolute atomic E-state index is 0.0343. The van der Waals surface area contributed by atoms with Crippen molar-refractivity contribution < 1.29 is 56.5 Å². The van der Waals surface area contributed by atoms with Gasteiger partial charge >= 0.3 is 18.0 Å². The van der Waals surface area contributed by atoms with E-state index in [1.165, 1.54) is 20.8 Å². The zero-order chi connectivity index (χ0) is 42.0. The normalized spacial score (nSPS) is 16.0. The first-order valence-electron chi connectivity index (χ1n) is 19.0. The molecule has 5 rings (SSSR count). The molecule has 0 saturated carbocycles. The molecule has 1 aromatic heterocycles. The summed E-state index contributed by atoms with van der Waals surface area (Å²) in [5, 5.41) is 6.89. The first-order chi connectivity index (χ1) is 27.6. The molecule has 2 aliphatic rings. The zero-order valence-corrected chi connectivity index (χ0v) is 32.9. The van der Waals surface area contributed by atoms with Crippen molar-refractivity contribution in [1.82, 2.24) is 29.8 Å². The summed E-state index contributed by atoms with van der Waals surface area (Å²) < 4.78 is 51.1. The highest BCUT2D eigenvalue weighted by atomic mass is 19.2. The lowest BCUT2D eigenvalue weighted by Gasteiger charge is -2.36. The average Bonchev–Trinajstić information content (AvgIpc) is 3.87. The number of esters is 2. The van der Waals surface area contributed by atoms with E-state index in [2.05, 4.69) is 10.4 Å². The molecular formula is C40H48F2N6O10. The predicted molar refractivity (Wildman–Crippen MR) is 201 cm³/mol. The third-order valence-corrected chi connectivity index (χ3v) is 9.25. The maximum absolute atomic E-state index is 14.4. The molecule has 0 spiro atoms. The van der Waals surface area contributed by atoms with Gasteiger partial charge in [0.15, 0.2) is 23.9 Å². The molecule has 0 aliphatic carbocycles. The number of piperazine rings is 1. The van der Waals surface area contributed by atoms with E-state index in [0.717, 1.165) is 28.4 Å². The Balaban J connectivity index is 1.32. The number of carbonyl (C=O) groups is 6. The Hall–Kier alpha value is -6.07. The highest BCUT2D eigenvalue weighted by molar-refractivity contribution is 5.96. The van der Waals surface area contributed by atoms with Gasteiger partial charge in [-0.15, -0.1) is 0 Å². The molecule has 2 aliphatic heterocycles. The number of rotatable bonds is 14. The molecule has 0 radical (unpaired) electrons. The molecule has 0 bridgehead atoms. The molecule has 2 atom stereocenters. The number of hydrogen-bond acceptors (Lipinski definition) is 11. The molecule has 18 heteroatoms. The minimum atomic E-state index is -1.25. The molecule has 2 fully saturated rings. The maximum Gasteiger partial charge on any atom is 0.409 e. The van der Waals surface area contributed by atoms with Crippen molar-refractivity contribution in [3.63, 3.8) is 0 Å². The minimum Gasteiger partial charge on any atom is -0.467 e. The van der Waals surface area contributed by atoms with Crippen molar-refractivity contribution in [3.05, 3.63) is 77.5 Å². The molecule has 58 heavy (non-hydrogen) atoms. The van der Waals surface area contributed by atoms with E-state index in [-0.39, 0.29) is 76.0 Å². The number of ether oxygens (including phenoxy) is 4. The maximum atomic E-state index is 14.4. The topological polar surface area (TPSA) is 179 Å². The lowest BCUT2D eigenvalue weighted by atomic mass is 10.1. The fourth-order valence-corrected chi connectivity index (χ4v) is 6.42. The van der Waals surface area contributed by atoms with E-state index in [0.29, 0.717) is 12.8 Å². The Morgan fingerprint density at radius 2 is 1.60 bits per heavy atom. The Labute approximate surface area is 334 Å². The van der Waals surface area contributed by atoms with Crippen LogP contribution >= 0.6 is 0 Å². The van der Waals surface area contributed by atoms with Crippen LogP contribution in [0.25, 0.3) is 5.69 Å². The summed E-state index contributed by atoms with van der Waals surface area (Å²) in [5.41, 5.74) is -0.387. The number of benzene rings is 2. The Bertz CT molecular complexity index is 1960. The van der Waals surface area contributed by atoms with Crippen LogP contribution in [-0.2, 0) is 40.0 Å². The van der Waals surface area contributed by atoms with Gasteiger partial charge in [0.1, 0.15) is 24.3 Å². The van der Waals surface area contributed by atoms with Gasteiger partial charge in [0, 0.05) is 51.3 Å². The zero-order valence-electron chi connectivity index (χ0n) is 32.9. The number of carbonyl (C=O) groups excluding carboxylic acids is 6. The van der Waals surface area contributed by atoms with Crippen molar-refractivity contribution in [3.8, 4) is 11.6 Å². The van der Waals surface area contributed by atoms with Gasteiger partial charge in [-0.2, -0.15) is 5.10 Å². The van der Waals surface area contributed by atoms with E-state index in [1.807, 2.05) is 30.3 Å². The van der Waals surface area contributed by atoms with E-state index in [9.17, 15) is 37.5 Å². The summed E-state index contributed by atoms with van der Waals surface area (Å²) in [4.78, 5) is 83.2. The average molecular weight is 811 g/mol. The standard InChI is InChI=1S/C40H48F2N6O10/c1-5-55-39(54)46-20-18-45(19-21-46)37(52)30(15-16-35(50)58-40(2,3)4)43-36(51)31-23-34(48(44-31)27-13-14-28(41)29(42)22-27)56-25-33(49)47-17-9-12-32(47)38(53)57-24-26-10-7-6-8-11-26/h6-8,10-11,13-14,22-23,30,32H,5,9,12,15-21,24-25H2,1-4H3,(H,43,51). The summed E-state index contributed by atoms with van der Waals surface area (Å²) in [6.07, 6.45) is 0.0360. The third kappa shape index (κ3) is 11.5. The van der Waals surface area contributed by atoms with Crippen molar-refractivity contribution in [2.45, 2.75) is 77.7 Å². The predicted octanol–water partition coefficient (Wildman–Crippen LogP) is 3.78. The van der Waals surface area contributed by atoms with Crippen molar-refractivity contribution in [2.75, 3.05) is 45.9 Å². The first-order valence-corrected chi connectivity index (χ1v) is 19.0. The number of aromatic nitrogens is 2. The molecule has 2 aromatic carbocycles. The number of halogens is 2. The SMILES string of the molecule is CCOC(=O)N1CCN(C(=O)C(CCC(=O)OC(C)(C)C)NC(=O)c2cc(OCC(=O)N3CCCC3C(=O)OCc3ccccc3)n(-c3ccc(F)c(F)c3)n2)CC1. The summed E-state index contributed by atoms with van der Waals surface area (Å²) in [6, 6.07) is 11.0. The van der Waals surface area contributed by atoms with Gasteiger partial charge in [-0.1, -0.05) is 30.3 Å². The van der Waals surface area contributed by atoms with Gasteiger partial charge in [0.05, 0.1) is 12.3 Å². The Morgan fingerprint density at radius 1 is 0.897 bits per heavy atom. The molecule has 2 unspecified atom stereocenters. The van der Waals surface area contributed by atoms with Crippen molar-refractivity contribution in [2.24, 2.45) is 0 Å². The molecular weight excluding hydrogens is 762 g/mol. The van der Waals surface area contributed by atoms with E-state index in [4.69, 9.17) is 18.9 Å². The second-order valence-electron chi connectivity index (χ2n) is 14.7. The van der Waals surface area contributed by atoms with Gasteiger partial charge in [0.25, 0.3) is 11.8 Å². The number of amides is 4.